The number of rotatable bonds is 2. The van der Waals surface area contributed by atoms with E-state index in [9.17, 15) is 4.79 Å². The summed E-state index contributed by atoms with van der Waals surface area (Å²) in [5.41, 5.74) is 5.07. The van der Waals surface area contributed by atoms with Crippen molar-refractivity contribution < 1.29 is 9.21 Å². The van der Waals surface area contributed by atoms with Gasteiger partial charge >= 0.3 is 0 Å². The summed E-state index contributed by atoms with van der Waals surface area (Å²) >= 11 is 0. The zero-order chi connectivity index (χ0) is 18.4. The summed E-state index contributed by atoms with van der Waals surface area (Å²) in [4.78, 5) is 17.4. The lowest BCUT2D eigenvalue weighted by molar-refractivity contribution is 0.0906. The quantitative estimate of drug-likeness (QED) is 0.544. The first-order valence-electron chi connectivity index (χ1n) is 9.37. The standard InChI is InChI=1S/C23H20N2O2/c1-14-9-10-16-12-17-13-21(27-23(17)25-20(16)11-14)22(26)24-19-8-4-6-15-5-2-3-7-18(15)19/h2-3,5,7,9-13,19H,4,6,8H2,1H3,(H,24,26). The van der Waals surface area contributed by atoms with Gasteiger partial charge < -0.3 is 9.73 Å². The summed E-state index contributed by atoms with van der Waals surface area (Å²) < 4.78 is 5.78. The molecule has 4 nitrogen and oxygen atoms in total. The number of carbonyl (C=O) groups excluding carboxylic acids is 1. The van der Waals surface area contributed by atoms with Crippen LogP contribution in [0.3, 0.4) is 0 Å². The maximum Gasteiger partial charge on any atom is 0.287 e. The van der Waals surface area contributed by atoms with Crippen molar-refractivity contribution in [3.63, 3.8) is 0 Å². The van der Waals surface area contributed by atoms with Crippen molar-refractivity contribution in [2.45, 2.75) is 32.2 Å². The summed E-state index contributed by atoms with van der Waals surface area (Å²) in [5.74, 6) is 0.127. The molecule has 0 fully saturated rings. The Morgan fingerprint density at radius 3 is 2.93 bits per heavy atom. The van der Waals surface area contributed by atoms with Crippen molar-refractivity contribution in [3.8, 4) is 0 Å². The molecule has 1 amide bonds. The molecular formula is C23H20N2O2. The Balaban J connectivity index is 1.47. The summed E-state index contributed by atoms with van der Waals surface area (Å²) in [6, 6.07) is 18.3. The molecule has 0 bridgehead atoms. The third-order valence-corrected chi connectivity index (χ3v) is 5.36. The lowest BCUT2D eigenvalue weighted by Gasteiger charge is -2.25. The van der Waals surface area contributed by atoms with Crippen LogP contribution in [0.15, 0.2) is 59.0 Å². The molecule has 0 saturated heterocycles. The van der Waals surface area contributed by atoms with E-state index >= 15 is 0 Å². The van der Waals surface area contributed by atoms with Gasteiger partial charge in [0.15, 0.2) is 5.76 Å². The number of aryl methyl sites for hydroxylation is 2. The number of benzene rings is 2. The average Bonchev–Trinajstić information content (AvgIpc) is 3.09. The molecule has 0 radical (unpaired) electrons. The Labute approximate surface area is 157 Å². The van der Waals surface area contributed by atoms with Crippen LogP contribution in [0.1, 0.15) is 46.1 Å². The van der Waals surface area contributed by atoms with Crippen molar-refractivity contribution in [1.29, 1.82) is 0 Å². The van der Waals surface area contributed by atoms with Crippen LogP contribution in [0.5, 0.6) is 0 Å². The van der Waals surface area contributed by atoms with Gasteiger partial charge in [0.25, 0.3) is 5.91 Å². The largest absolute Gasteiger partial charge is 0.433 e. The SMILES string of the molecule is Cc1ccc2cc3cc(C(=O)NC4CCCc5ccccc54)oc3nc2c1. The number of amides is 1. The highest BCUT2D eigenvalue weighted by Gasteiger charge is 2.23. The number of nitrogens with zero attached hydrogens (tertiary/aromatic N) is 1. The highest BCUT2D eigenvalue weighted by Crippen LogP contribution is 2.30. The van der Waals surface area contributed by atoms with E-state index in [0.717, 1.165) is 41.1 Å². The number of hydrogen-bond donors (Lipinski definition) is 1. The fourth-order valence-electron chi connectivity index (χ4n) is 3.98. The minimum Gasteiger partial charge on any atom is -0.433 e. The number of carbonyl (C=O) groups is 1. The molecule has 1 atom stereocenters. The van der Waals surface area contributed by atoms with Crippen LogP contribution in [-0.2, 0) is 6.42 Å². The summed E-state index contributed by atoms with van der Waals surface area (Å²) in [7, 11) is 0. The summed E-state index contributed by atoms with van der Waals surface area (Å²) in [6.07, 6.45) is 3.10. The zero-order valence-corrected chi connectivity index (χ0v) is 15.2. The van der Waals surface area contributed by atoms with Crippen molar-refractivity contribution in [1.82, 2.24) is 10.3 Å². The smallest absolute Gasteiger partial charge is 0.287 e. The number of aromatic nitrogens is 1. The van der Waals surface area contributed by atoms with Gasteiger partial charge in [-0.15, -0.1) is 0 Å². The molecule has 4 aromatic rings. The van der Waals surface area contributed by atoms with Crippen LogP contribution >= 0.6 is 0 Å². The molecular weight excluding hydrogens is 336 g/mol. The molecule has 0 spiro atoms. The predicted octanol–water partition coefficient (Wildman–Crippen LogP) is 5.10. The highest BCUT2D eigenvalue weighted by molar-refractivity contribution is 5.98. The van der Waals surface area contributed by atoms with E-state index in [0.29, 0.717) is 11.5 Å². The maximum atomic E-state index is 12.8. The lowest BCUT2D eigenvalue weighted by Crippen LogP contribution is -2.30. The first-order valence-corrected chi connectivity index (χ1v) is 9.37. The van der Waals surface area contributed by atoms with Crippen molar-refractivity contribution in [3.05, 3.63) is 77.0 Å². The molecule has 1 aliphatic carbocycles. The van der Waals surface area contributed by atoms with E-state index in [1.54, 1.807) is 6.07 Å². The minimum absolute atomic E-state index is 0.0327. The van der Waals surface area contributed by atoms with Gasteiger partial charge in [0.2, 0.25) is 5.71 Å². The van der Waals surface area contributed by atoms with Crippen molar-refractivity contribution >= 4 is 27.9 Å². The average molecular weight is 356 g/mol. The monoisotopic (exact) mass is 356 g/mol. The second kappa shape index (κ2) is 6.23. The summed E-state index contributed by atoms with van der Waals surface area (Å²) in [6.45, 7) is 2.04. The van der Waals surface area contributed by atoms with Crippen molar-refractivity contribution in [2.24, 2.45) is 0 Å². The Hall–Kier alpha value is -3.14. The normalized spacial score (nSPS) is 16.4. The fraction of sp³-hybridized carbons (Fsp3) is 0.217. The van der Waals surface area contributed by atoms with E-state index in [4.69, 9.17) is 4.42 Å². The van der Waals surface area contributed by atoms with Crippen LogP contribution in [0.25, 0.3) is 22.0 Å². The van der Waals surface area contributed by atoms with Gasteiger partial charge in [-0.25, -0.2) is 4.98 Å². The van der Waals surface area contributed by atoms with Crippen LogP contribution in [0, 0.1) is 6.92 Å². The zero-order valence-electron chi connectivity index (χ0n) is 15.2. The molecule has 4 heteroatoms. The molecule has 1 aliphatic rings. The predicted molar refractivity (Wildman–Crippen MR) is 106 cm³/mol. The molecule has 0 saturated carbocycles. The molecule has 1 unspecified atom stereocenters. The Morgan fingerprint density at radius 2 is 2.00 bits per heavy atom. The highest BCUT2D eigenvalue weighted by atomic mass is 16.4. The van der Waals surface area contributed by atoms with E-state index < -0.39 is 0 Å². The second-order valence-electron chi connectivity index (χ2n) is 7.31. The van der Waals surface area contributed by atoms with Crippen LogP contribution in [0.4, 0.5) is 0 Å². The summed E-state index contributed by atoms with van der Waals surface area (Å²) in [5, 5.41) is 5.03. The lowest BCUT2D eigenvalue weighted by atomic mass is 9.88. The molecule has 5 rings (SSSR count). The van der Waals surface area contributed by atoms with Gasteiger partial charge in [0.05, 0.1) is 11.6 Å². The molecule has 1 N–H and O–H groups in total. The van der Waals surface area contributed by atoms with Crippen LogP contribution in [-0.4, -0.2) is 10.9 Å². The van der Waals surface area contributed by atoms with Gasteiger partial charge in [-0.3, -0.25) is 4.79 Å². The molecule has 2 aromatic heterocycles. The van der Waals surface area contributed by atoms with E-state index in [1.165, 1.54) is 11.1 Å². The van der Waals surface area contributed by atoms with E-state index in [1.807, 2.05) is 31.2 Å². The van der Waals surface area contributed by atoms with E-state index in [-0.39, 0.29) is 11.9 Å². The van der Waals surface area contributed by atoms with Crippen LogP contribution in [0.2, 0.25) is 0 Å². The molecule has 0 aliphatic heterocycles. The molecule has 2 heterocycles. The molecule has 2 aromatic carbocycles. The number of pyridine rings is 1. The van der Waals surface area contributed by atoms with Crippen LogP contribution < -0.4 is 5.32 Å². The number of hydrogen-bond acceptors (Lipinski definition) is 3. The Kier molecular flexibility index (Phi) is 3.71. The second-order valence-corrected chi connectivity index (χ2v) is 7.31. The van der Waals surface area contributed by atoms with Gasteiger partial charge in [-0.1, -0.05) is 36.4 Å². The first-order chi connectivity index (χ1) is 13.2. The fourth-order valence-corrected chi connectivity index (χ4v) is 3.98. The van der Waals surface area contributed by atoms with Gasteiger partial charge in [-0.05, 0) is 61.1 Å². The van der Waals surface area contributed by atoms with Crippen molar-refractivity contribution in [2.75, 3.05) is 0 Å². The third kappa shape index (κ3) is 2.87. The van der Waals surface area contributed by atoms with E-state index in [2.05, 4.69) is 34.6 Å². The number of nitrogens with one attached hydrogen (secondary N) is 1. The number of fused-ring (bicyclic) bond motifs is 3. The number of furan rings is 1. The first kappa shape index (κ1) is 16.1. The minimum atomic E-state index is -0.185. The Bertz CT molecular complexity index is 1180. The van der Waals surface area contributed by atoms with Gasteiger partial charge in [0, 0.05) is 10.8 Å². The van der Waals surface area contributed by atoms with Gasteiger partial charge in [-0.2, -0.15) is 0 Å². The Morgan fingerprint density at radius 1 is 1.11 bits per heavy atom. The van der Waals surface area contributed by atoms with Gasteiger partial charge in [0.1, 0.15) is 0 Å². The molecule has 27 heavy (non-hydrogen) atoms. The maximum absolute atomic E-state index is 12.8. The molecule has 134 valence electrons. The third-order valence-electron chi connectivity index (χ3n) is 5.36. The topological polar surface area (TPSA) is 55.1 Å².